The zero-order chi connectivity index (χ0) is 14.4. The number of likely N-dealkylation sites (tertiary alicyclic amines) is 1. The molecule has 0 bridgehead atoms. The van der Waals surface area contributed by atoms with Crippen LogP contribution in [0.2, 0.25) is 0 Å². The summed E-state index contributed by atoms with van der Waals surface area (Å²) in [5.74, 6) is 2.29. The van der Waals surface area contributed by atoms with E-state index in [1.54, 1.807) is 6.33 Å². The zero-order valence-electron chi connectivity index (χ0n) is 12.9. The van der Waals surface area contributed by atoms with Gasteiger partial charge in [-0.3, -0.25) is 0 Å². The van der Waals surface area contributed by atoms with E-state index in [2.05, 4.69) is 39.3 Å². The monoisotopic (exact) mass is 277 g/mol. The number of anilines is 2. The van der Waals surface area contributed by atoms with Gasteiger partial charge in [-0.2, -0.15) is 0 Å². The molecular formula is C15H27N5. The van der Waals surface area contributed by atoms with Crippen LogP contribution < -0.4 is 10.6 Å². The highest BCUT2D eigenvalue weighted by atomic mass is 15.2. The Morgan fingerprint density at radius 2 is 1.85 bits per heavy atom. The van der Waals surface area contributed by atoms with E-state index in [1.165, 1.54) is 37.9 Å². The van der Waals surface area contributed by atoms with Crippen LogP contribution in [0.25, 0.3) is 0 Å². The van der Waals surface area contributed by atoms with Crippen molar-refractivity contribution in [2.45, 2.75) is 39.0 Å². The average Bonchev–Trinajstić information content (AvgIpc) is 2.47. The Bertz CT molecular complexity index is 413. The molecule has 0 aromatic carbocycles. The fourth-order valence-electron chi connectivity index (χ4n) is 2.80. The van der Waals surface area contributed by atoms with Crippen molar-refractivity contribution >= 4 is 11.6 Å². The smallest absolute Gasteiger partial charge is 0.135 e. The molecule has 1 fully saturated rings. The van der Waals surface area contributed by atoms with E-state index in [0.717, 1.165) is 24.7 Å². The minimum atomic E-state index is 0.399. The van der Waals surface area contributed by atoms with Gasteiger partial charge < -0.3 is 15.5 Å². The number of aromatic nitrogens is 2. The molecule has 1 aromatic rings. The molecule has 0 saturated carbocycles. The molecule has 0 spiro atoms. The number of nitrogens with zero attached hydrogens (tertiary/aromatic N) is 3. The van der Waals surface area contributed by atoms with E-state index >= 15 is 0 Å². The Morgan fingerprint density at radius 1 is 1.15 bits per heavy atom. The number of hydrogen-bond donors (Lipinski definition) is 2. The first kappa shape index (κ1) is 15.0. The van der Waals surface area contributed by atoms with Gasteiger partial charge in [-0.1, -0.05) is 20.3 Å². The van der Waals surface area contributed by atoms with Gasteiger partial charge in [-0.05, 0) is 31.8 Å². The van der Waals surface area contributed by atoms with Crippen LogP contribution in [0.1, 0.15) is 44.6 Å². The lowest BCUT2D eigenvalue weighted by molar-refractivity contribution is 0.237. The molecule has 5 heteroatoms. The molecule has 0 aliphatic carbocycles. The summed E-state index contributed by atoms with van der Waals surface area (Å²) in [6, 6.07) is 0. The largest absolute Gasteiger partial charge is 0.373 e. The minimum absolute atomic E-state index is 0.399. The van der Waals surface area contributed by atoms with Gasteiger partial charge in [0.15, 0.2) is 0 Å². The minimum Gasteiger partial charge on any atom is -0.373 e. The van der Waals surface area contributed by atoms with Crippen LogP contribution in [-0.4, -0.2) is 48.1 Å². The number of rotatable bonds is 6. The molecule has 20 heavy (non-hydrogen) atoms. The van der Waals surface area contributed by atoms with Crippen molar-refractivity contribution in [1.29, 1.82) is 0 Å². The summed E-state index contributed by atoms with van der Waals surface area (Å²) in [5, 5.41) is 6.64. The molecule has 112 valence electrons. The Morgan fingerprint density at radius 3 is 2.50 bits per heavy atom. The van der Waals surface area contributed by atoms with Gasteiger partial charge in [-0.25, -0.2) is 9.97 Å². The second kappa shape index (κ2) is 7.43. The van der Waals surface area contributed by atoms with Gasteiger partial charge in [0.1, 0.15) is 18.0 Å². The lowest BCUT2D eigenvalue weighted by Crippen LogP contribution is -2.34. The van der Waals surface area contributed by atoms with Crippen molar-refractivity contribution in [2.75, 3.05) is 43.9 Å². The summed E-state index contributed by atoms with van der Waals surface area (Å²) in [6.07, 6.45) is 5.70. The molecule has 1 saturated heterocycles. The van der Waals surface area contributed by atoms with Crippen molar-refractivity contribution in [3.05, 3.63) is 11.9 Å². The van der Waals surface area contributed by atoms with Crippen molar-refractivity contribution < 1.29 is 0 Å². The van der Waals surface area contributed by atoms with Gasteiger partial charge in [0.25, 0.3) is 0 Å². The van der Waals surface area contributed by atoms with Gasteiger partial charge >= 0.3 is 0 Å². The average molecular weight is 277 g/mol. The third-order valence-corrected chi connectivity index (χ3v) is 3.87. The van der Waals surface area contributed by atoms with Crippen LogP contribution in [0.3, 0.4) is 0 Å². The van der Waals surface area contributed by atoms with Crippen molar-refractivity contribution in [1.82, 2.24) is 14.9 Å². The maximum Gasteiger partial charge on any atom is 0.135 e. The highest BCUT2D eigenvalue weighted by Crippen LogP contribution is 2.27. The van der Waals surface area contributed by atoms with Crippen LogP contribution in [0.15, 0.2) is 6.33 Å². The molecule has 1 aliphatic heterocycles. The highest BCUT2D eigenvalue weighted by Gasteiger charge is 2.14. The molecule has 5 nitrogen and oxygen atoms in total. The molecular weight excluding hydrogens is 250 g/mol. The Labute approximate surface area is 122 Å². The Balaban J connectivity index is 1.94. The molecule has 2 heterocycles. The lowest BCUT2D eigenvalue weighted by atomic mass is 10.0. The molecule has 2 N–H and O–H groups in total. The first-order chi connectivity index (χ1) is 9.72. The zero-order valence-corrected chi connectivity index (χ0v) is 12.9. The normalized spacial score (nSPS) is 16.4. The SMILES string of the molecule is CNc1ncnc(NCCN2CCCCC2)c1C(C)C. The molecule has 1 aromatic heterocycles. The molecule has 0 radical (unpaired) electrons. The second-order valence-corrected chi connectivity index (χ2v) is 5.72. The van der Waals surface area contributed by atoms with Gasteiger partial charge in [0.2, 0.25) is 0 Å². The molecule has 1 aliphatic rings. The third kappa shape index (κ3) is 3.82. The van der Waals surface area contributed by atoms with Crippen LogP contribution in [0.5, 0.6) is 0 Å². The number of hydrogen-bond acceptors (Lipinski definition) is 5. The highest BCUT2D eigenvalue weighted by molar-refractivity contribution is 5.58. The van der Waals surface area contributed by atoms with E-state index in [1.807, 2.05) is 7.05 Å². The quantitative estimate of drug-likeness (QED) is 0.837. The molecule has 0 atom stereocenters. The first-order valence-electron chi connectivity index (χ1n) is 7.71. The Kier molecular flexibility index (Phi) is 5.59. The number of piperidine rings is 1. The van der Waals surface area contributed by atoms with Crippen LogP contribution in [0, 0.1) is 0 Å². The first-order valence-corrected chi connectivity index (χ1v) is 7.71. The molecule has 2 rings (SSSR count). The lowest BCUT2D eigenvalue weighted by Gasteiger charge is -2.26. The van der Waals surface area contributed by atoms with Crippen LogP contribution in [0.4, 0.5) is 11.6 Å². The van der Waals surface area contributed by atoms with E-state index < -0.39 is 0 Å². The van der Waals surface area contributed by atoms with Gasteiger partial charge in [0, 0.05) is 25.7 Å². The van der Waals surface area contributed by atoms with Gasteiger partial charge in [-0.15, -0.1) is 0 Å². The second-order valence-electron chi connectivity index (χ2n) is 5.72. The van der Waals surface area contributed by atoms with Crippen LogP contribution >= 0.6 is 0 Å². The van der Waals surface area contributed by atoms with Crippen molar-refractivity contribution in [3.63, 3.8) is 0 Å². The van der Waals surface area contributed by atoms with Gasteiger partial charge in [0.05, 0.1) is 0 Å². The maximum absolute atomic E-state index is 4.41. The maximum atomic E-state index is 4.41. The van der Waals surface area contributed by atoms with E-state index in [9.17, 15) is 0 Å². The van der Waals surface area contributed by atoms with Crippen LogP contribution in [-0.2, 0) is 0 Å². The predicted molar refractivity (Wildman–Crippen MR) is 84.4 cm³/mol. The fourth-order valence-corrected chi connectivity index (χ4v) is 2.80. The third-order valence-electron chi connectivity index (χ3n) is 3.87. The summed E-state index contributed by atoms with van der Waals surface area (Å²) >= 11 is 0. The summed E-state index contributed by atoms with van der Waals surface area (Å²) in [7, 11) is 1.91. The molecule has 0 amide bonds. The predicted octanol–water partition coefficient (Wildman–Crippen LogP) is 2.54. The molecule has 0 unspecified atom stereocenters. The summed E-state index contributed by atoms with van der Waals surface area (Å²) in [6.45, 7) is 8.87. The summed E-state index contributed by atoms with van der Waals surface area (Å²) in [4.78, 5) is 11.2. The van der Waals surface area contributed by atoms with E-state index in [-0.39, 0.29) is 0 Å². The van der Waals surface area contributed by atoms with Crippen molar-refractivity contribution in [3.8, 4) is 0 Å². The number of nitrogens with one attached hydrogen (secondary N) is 2. The van der Waals surface area contributed by atoms with E-state index in [4.69, 9.17) is 0 Å². The summed E-state index contributed by atoms with van der Waals surface area (Å²) < 4.78 is 0. The Hall–Kier alpha value is -1.36. The van der Waals surface area contributed by atoms with E-state index in [0.29, 0.717) is 5.92 Å². The topological polar surface area (TPSA) is 53.1 Å². The van der Waals surface area contributed by atoms with Crippen molar-refractivity contribution in [2.24, 2.45) is 0 Å². The fraction of sp³-hybridized carbons (Fsp3) is 0.733. The standard InChI is InChI=1S/C15H27N5/c1-12(2)13-14(16-3)18-11-19-15(13)17-7-10-20-8-5-4-6-9-20/h11-12H,4-10H2,1-3H3,(H2,16,17,18,19). The summed E-state index contributed by atoms with van der Waals surface area (Å²) in [5.41, 5.74) is 1.17.